The number of aromatic nitrogens is 1. The van der Waals surface area contributed by atoms with E-state index < -0.39 is 0 Å². The maximum Gasteiger partial charge on any atom is 0.0387 e. The van der Waals surface area contributed by atoms with Gasteiger partial charge in [-0.15, -0.1) is 24.8 Å². The summed E-state index contributed by atoms with van der Waals surface area (Å²) in [6.07, 6.45) is 4.16. The summed E-state index contributed by atoms with van der Waals surface area (Å²) in [5.74, 6) is 0. The lowest BCUT2D eigenvalue weighted by molar-refractivity contribution is 0.216. The first-order chi connectivity index (χ1) is 9.24. The topological polar surface area (TPSA) is 11.4 Å². The van der Waals surface area contributed by atoms with Crippen molar-refractivity contribution < 1.29 is 0 Å². The van der Waals surface area contributed by atoms with Gasteiger partial charge in [0.15, 0.2) is 0 Å². The Balaban J connectivity index is 0.00000200. The number of nitrogens with zero attached hydrogens (tertiary/aromatic N) is 3. The van der Waals surface area contributed by atoms with Crippen molar-refractivity contribution in [2.45, 2.75) is 46.2 Å². The summed E-state index contributed by atoms with van der Waals surface area (Å²) >= 11 is 0. The smallest absolute Gasteiger partial charge is 0.0387 e. The second-order valence-corrected chi connectivity index (χ2v) is 5.67. The van der Waals surface area contributed by atoms with Gasteiger partial charge in [-0.25, -0.2) is 0 Å². The number of hydrogen-bond acceptors (Lipinski definition) is 2. The van der Waals surface area contributed by atoms with Gasteiger partial charge in [0.1, 0.15) is 0 Å². The van der Waals surface area contributed by atoms with Gasteiger partial charge >= 0.3 is 0 Å². The van der Waals surface area contributed by atoms with Gasteiger partial charge in [0.05, 0.1) is 0 Å². The van der Waals surface area contributed by atoms with Crippen LogP contribution < -0.4 is 0 Å². The second-order valence-electron chi connectivity index (χ2n) is 5.67. The Bertz CT molecular complexity index is 383. The summed E-state index contributed by atoms with van der Waals surface area (Å²) in [4.78, 5) is 5.07. The van der Waals surface area contributed by atoms with E-state index in [0.29, 0.717) is 0 Å². The van der Waals surface area contributed by atoms with Crippen LogP contribution >= 0.6 is 24.8 Å². The largest absolute Gasteiger partial charge is 0.349 e. The summed E-state index contributed by atoms with van der Waals surface area (Å²) in [5, 5.41) is 0. The van der Waals surface area contributed by atoms with E-state index in [1.165, 1.54) is 43.7 Å². The van der Waals surface area contributed by atoms with E-state index in [4.69, 9.17) is 0 Å². The number of hydrogen-bond donors (Lipinski definition) is 0. The summed E-state index contributed by atoms with van der Waals surface area (Å²) in [6.45, 7) is 11.5. The third kappa shape index (κ3) is 5.82. The molecule has 1 fully saturated rings. The molecule has 0 bridgehead atoms. The zero-order chi connectivity index (χ0) is 13.7. The number of likely N-dealkylation sites (tertiary alicyclic amines) is 1. The molecule has 2 rings (SSSR count). The van der Waals surface area contributed by atoms with Crippen molar-refractivity contribution in [3.63, 3.8) is 0 Å². The molecule has 1 aliphatic rings. The van der Waals surface area contributed by atoms with E-state index in [0.717, 1.165) is 26.2 Å². The van der Waals surface area contributed by atoms with Crippen molar-refractivity contribution >= 4 is 24.8 Å². The number of piperidine rings is 1. The lowest BCUT2D eigenvalue weighted by Gasteiger charge is -2.26. The van der Waals surface area contributed by atoms with Crippen molar-refractivity contribution in [1.82, 2.24) is 14.4 Å². The highest BCUT2D eigenvalue weighted by Crippen LogP contribution is 2.15. The zero-order valence-corrected chi connectivity index (χ0v) is 15.3. The van der Waals surface area contributed by atoms with Crippen LogP contribution in [0.3, 0.4) is 0 Å². The molecule has 1 aliphatic heterocycles. The van der Waals surface area contributed by atoms with E-state index in [9.17, 15) is 0 Å². The number of rotatable bonds is 6. The van der Waals surface area contributed by atoms with Crippen LogP contribution in [0.5, 0.6) is 0 Å². The van der Waals surface area contributed by atoms with Gasteiger partial charge in [0.2, 0.25) is 0 Å². The zero-order valence-electron chi connectivity index (χ0n) is 13.7. The van der Waals surface area contributed by atoms with Crippen LogP contribution in [0.1, 0.15) is 44.5 Å². The first-order valence-electron chi connectivity index (χ1n) is 7.82. The van der Waals surface area contributed by atoms with E-state index in [2.05, 4.69) is 47.4 Å². The van der Waals surface area contributed by atoms with E-state index >= 15 is 0 Å². The molecule has 0 unspecified atom stereocenters. The van der Waals surface area contributed by atoms with E-state index in [-0.39, 0.29) is 24.8 Å². The summed E-state index contributed by atoms with van der Waals surface area (Å²) in [7, 11) is 2.22. The Morgan fingerprint density at radius 1 is 0.952 bits per heavy atom. The van der Waals surface area contributed by atoms with Gasteiger partial charge in [-0.1, -0.05) is 20.3 Å². The Kier molecular flexibility index (Phi) is 10.4. The van der Waals surface area contributed by atoms with Crippen LogP contribution in [0, 0.1) is 0 Å². The fourth-order valence-electron chi connectivity index (χ4n) is 2.94. The Morgan fingerprint density at radius 3 is 2.10 bits per heavy atom. The molecule has 0 aliphatic carbocycles. The highest BCUT2D eigenvalue weighted by Gasteiger charge is 2.13. The van der Waals surface area contributed by atoms with Crippen molar-refractivity contribution in [1.29, 1.82) is 0 Å². The van der Waals surface area contributed by atoms with Gasteiger partial charge < -0.3 is 4.57 Å². The fraction of sp³-hybridized carbons (Fsp3) is 0.750. The molecule has 0 atom stereocenters. The average Bonchev–Trinajstić information content (AvgIpc) is 2.78. The van der Waals surface area contributed by atoms with E-state index in [1.807, 2.05) is 0 Å². The minimum atomic E-state index is 0. The molecule has 0 N–H and O–H groups in total. The van der Waals surface area contributed by atoms with Crippen molar-refractivity contribution in [2.24, 2.45) is 7.05 Å². The molecule has 21 heavy (non-hydrogen) atoms. The minimum absolute atomic E-state index is 0. The highest BCUT2D eigenvalue weighted by molar-refractivity contribution is 5.85. The molecule has 0 saturated carbocycles. The standard InChI is InChI=1S/C16H29N3.2ClH/c1-4-18(5-2)13-15-9-10-16(17(15)3)14-19-11-7-6-8-12-19;;/h9-10H,4-8,11-14H2,1-3H3;2*1H. The summed E-state index contributed by atoms with van der Waals surface area (Å²) in [5.41, 5.74) is 2.90. The van der Waals surface area contributed by atoms with Gasteiger partial charge in [-0.3, -0.25) is 9.80 Å². The fourth-order valence-corrected chi connectivity index (χ4v) is 2.94. The van der Waals surface area contributed by atoms with Gasteiger partial charge in [0.25, 0.3) is 0 Å². The second kappa shape index (κ2) is 10.5. The van der Waals surface area contributed by atoms with Crippen LogP contribution in [0.4, 0.5) is 0 Å². The monoisotopic (exact) mass is 335 g/mol. The molecular weight excluding hydrogens is 305 g/mol. The lowest BCUT2D eigenvalue weighted by Crippen LogP contribution is -2.30. The van der Waals surface area contributed by atoms with Gasteiger partial charge in [0, 0.05) is 31.5 Å². The summed E-state index contributed by atoms with van der Waals surface area (Å²) < 4.78 is 2.40. The maximum atomic E-state index is 2.60. The molecule has 0 amide bonds. The predicted molar refractivity (Wildman–Crippen MR) is 95.7 cm³/mol. The molecule has 5 heteroatoms. The Labute approximate surface area is 142 Å². The normalized spacial score (nSPS) is 15.6. The van der Waals surface area contributed by atoms with Crippen LogP contribution in [0.25, 0.3) is 0 Å². The van der Waals surface area contributed by atoms with Crippen molar-refractivity contribution in [3.8, 4) is 0 Å². The Hall–Kier alpha value is -0.220. The quantitative estimate of drug-likeness (QED) is 0.785. The molecule has 3 nitrogen and oxygen atoms in total. The molecule has 1 saturated heterocycles. The van der Waals surface area contributed by atoms with Crippen LogP contribution in [-0.4, -0.2) is 40.5 Å². The SMILES string of the molecule is CCN(CC)Cc1ccc(CN2CCCCC2)n1C.Cl.Cl. The molecule has 1 aromatic rings. The first-order valence-corrected chi connectivity index (χ1v) is 7.82. The van der Waals surface area contributed by atoms with Gasteiger partial charge in [-0.05, 0) is 51.2 Å². The third-order valence-electron chi connectivity index (χ3n) is 4.44. The Morgan fingerprint density at radius 2 is 1.52 bits per heavy atom. The molecular formula is C16H31Cl2N3. The van der Waals surface area contributed by atoms with Crippen molar-refractivity contribution in [3.05, 3.63) is 23.5 Å². The highest BCUT2D eigenvalue weighted by atomic mass is 35.5. The average molecular weight is 336 g/mol. The molecule has 2 heterocycles. The molecule has 1 aromatic heterocycles. The maximum absolute atomic E-state index is 2.60. The minimum Gasteiger partial charge on any atom is -0.349 e. The molecule has 0 aromatic carbocycles. The van der Waals surface area contributed by atoms with E-state index in [1.54, 1.807) is 0 Å². The van der Waals surface area contributed by atoms with Crippen LogP contribution in [-0.2, 0) is 20.1 Å². The number of halogens is 2. The molecule has 0 spiro atoms. The van der Waals surface area contributed by atoms with Crippen LogP contribution in [0.15, 0.2) is 12.1 Å². The summed E-state index contributed by atoms with van der Waals surface area (Å²) in [6, 6.07) is 4.62. The lowest BCUT2D eigenvalue weighted by atomic mass is 10.1. The molecule has 124 valence electrons. The first kappa shape index (κ1) is 20.8. The molecule has 0 radical (unpaired) electrons. The van der Waals surface area contributed by atoms with Crippen LogP contribution in [0.2, 0.25) is 0 Å². The van der Waals surface area contributed by atoms with Crippen molar-refractivity contribution in [2.75, 3.05) is 26.2 Å². The van der Waals surface area contributed by atoms with Gasteiger partial charge in [-0.2, -0.15) is 0 Å². The predicted octanol–water partition coefficient (Wildman–Crippen LogP) is 3.70. The third-order valence-corrected chi connectivity index (χ3v) is 4.44.